The van der Waals surface area contributed by atoms with Gasteiger partial charge in [-0.1, -0.05) is 32.0 Å². The van der Waals surface area contributed by atoms with E-state index in [9.17, 15) is 0 Å². The van der Waals surface area contributed by atoms with Gasteiger partial charge in [-0.15, -0.1) is 0 Å². The maximum Gasteiger partial charge on any atom is 0.219 e. The van der Waals surface area contributed by atoms with E-state index in [1.54, 1.807) is 0 Å². The Balaban J connectivity index is 1.96. The highest BCUT2D eigenvalue weighted by molar-refractivity contribution is 5.41. The fourth-order valence-electron chi connectivity index (χ4n) is 2.00. The minimum Gasteiger partial charge on any atom is -0.490 e. The Morgan fingerprint density at radius 3 is 2.50 bits per heavy atom. The van der Waals surface area contributed by atoms with Crippen LogP contribution in [0.4, 0.5) is 0 Å². The van der Waals surface area contributed by atoms with Gasteiger partial charge in [0.1, 0.15) is 0 Å². The van der Waals surface area contributed by atoms with E-state index in [0.717, 1.165) is 24.4 Å². The average molecular weight is 300 g/mol. The lowest BCUT2D eigenvalue weighted by Crippen LogP contribution is -2.18. The number of aromatic nitrogens is 1. The Morgan fingerprint density at radius 1 is 1.09 bits per heavy atom. The van der Waals surface area contributed by atoms with Crippen LogP contribution in [0.5, 0.6) is 17.4 Å². The number of pyridine rings is 1. The zero-order valence-electron chi connectivity index (χ0n) is 13.5. The van der Waals surface area contributed by atoms with Crippen LogP contribution in [0.25, 0.3) is 0 Å². The summed E-state index contributed by atoms with van der Waals surface area (Å²) in [6, 6.07) is 11.5. The van der Waals surface area contributed by atoms with Crippen molar-refractivity contribution in [2.75, 3.05) is 13.2 Å². The third kappa shape index (κ3) is 5.04. The molecule has 0 saturated heterocycles. The lowest BCUT2D eigenvalue weighted by atomic mass is 10.2. The predicted molar refractivity (Wildman–Crippen MR) is 88.5 cm³/mol. The molecule has 0 saturated carbocycles. The largest absolute Gasteiger partial charge is 0.490 e. The summed E-state index contributed by atoms with van der Waals surface area (Å²) in [5, 5.41) is 3.40. The van der Waals surface area contributed by atoms with Crippen molar-refractivity contribution in [1.82, 2.24) is 10.3 Å². The monoisotopic (exact) mass is 300 g/mol. The Hall–Kier alpha value is -2.07. The Kier molecular flexibility index (Phi) is 6.22. The second-order valence-electron chi connectivity index (χ2n) is 5.51. The molecule has 0 spiro atoms. The minimum atomic E-state index is 0.569. The summed E-state index contributed by atoms with van der Waals surface area (Å²) in [5.41, 5.74) is 1.14. The number of hydrogen-bond acceptors (Lipinski definition) is 4. The minimum absolute atomic E-state index is 0.569. The van der Waals surface area contributed by atoms with Gasteiger partial charge < -0.3 is 14.8 Å². The van der Waals surface area contributed by atoms with Gasteiger partial charge in [0.25, 0.3) is 0 Å². The van der Waals surface area contributed by atoms with Crippen LogP contribution in [-0.2, 0) is 6.54 Å². The van der Waals surface area contributed by atoms with Gasteiger partial charge in [0.15, 0.2) is 11.5 Å². The van der Waals surface area contributed by atoms with E-state index in [4.69, 9.17) is 9.47 Å². The molecule has 0 fully saturated rings. The number of hydrogen-bond donors (Lipinski definition) is 1. The van der Waals surface area contributed by atoms with E-state index < -0.39 is 0 Å². The molecular weight excluding hydrogens is 276 g/mol. The second kappa shape index (κ2) is 8.39. The third-order valence-electron chi connectivity index (χ3n) is 3.04. The smallest absolute Gasteiger partial charge is 0.219 e. The summed E-state index contributed by atoms with van der Waals surface area (Å²) in [6.45, 7) is 8.76. The first kappa shape index (κ1) is 16.3. The molecule has 0 unspecified atom stereocenters. The number of nitrogens with zero attached hydrogens (tertiary/aromatic N) is 1. The Labute approximate surface area is 132 Å². The van der Waals surface area contributed by atoms with Crippen LogP contribution in [0, 0.1) is 5.92 Å². The summed E-state index contributed by atoms with van der Waals surface area (Å²) in [7, 11) is 0. The molecule has 0 atom stereocenters. The number of nitrogens with one attached hydrogen (secondary N) is 1. The maximum absolute atomic E-state index is 5.80. The van der Waals surface area contributed by atoms with Crippen molar-refractivity contribution < 1.29 is 9.47 Å². The molecule has 0 amide bonds. The van der Waals surface area contributed by atoms with Gasteiger partial charge in [-0.05, 0) is 37.1 Å². The highest BCUT2D eigenvalue weighted by Crippen LogP contribution is 2.30. The molecule has 1 aromatic carbocycles. The number of para-hydroxylation sites is 2. The van der Waals surface area contributed by atoms with Gasteiger partial charge in [0, 0.05) is 18.8 Å². The Morgan fingerprint density at radius 2 is 1.86 bits per heavy atom. The average Bonchev–Trinajstić information content (AvgIpc) is 2.51. The first-order chi connectivity index (χ1) is 10.7. The van der Waals surface area contributed by atoms with Crippen molar-refractivity contribution in [2.24, 2.45) is 5.92 Å². The van der Waals surface area contributed by atoms with E-state index in [0.29, 0.717) is 24.2 Å². The van der Waals surface area contributed by atoms with Crippen LogP contribution in [0.3, 0.4) is 0 Å². The van der Waals surface area contributed by atoms with Crippen LogP contribution in [-0.4, -0.2) is 18.1 Å². The van der Waals surface area contributed by atoms with Gasteiger partial charge in [-0.3, -0.25) is 0 Å². The first-order valence-electron chi connectivity index (χ1n) is 7.74. The standard InChI is InChI=1S/C18H24N2O2/c1-4-21-16-7-5-6-8-17(16)22-18-10-9-15(13-20-18)12-19-11-14(2)3/h5-10,13-14,19H,4,11-12H2,1-3H3. The molecule has 4 heteroatoms. The van der Waals surface area contributed by atoms with E-state index >= 15 is 0 Å². The molecule has 0 aliphatic carbocycles. The highest BCUT2D eigenvalue weighted by atomic mass is 16.5. The molecule has 0 radical (unpaired) electrons. The van der Waals surface area contributed by atoms with E-state index in [1.807, 2.05) is 49.5 Å². The van der Waals surface area contributed by atoms with Gasteiger partial charge in [-0.2, -0.15) is 0 Å². The molecule has 118 valence electrons. The zero-order valence-corrected chi connectivity index (χ0v) is 13.5. The molecule has 2 rings (SSSR count). The van der Waals surface area contributed by atoms with Gasteiger partial charge in [0.2, 0.25) is 5.88 Å². The van der Waals surface area contributed by atoms with Crippen LogP contribution in [0.15, 0.2) is 42.6 Å². The SMILES string of the molecule is CCOc1ccccc1Oc1ccc(CNCC(C)C)cn1. The zero-order chi connectivity index (χ0) is 15.8. The van der Waals surface area contributed by atoms with Crippen molar-refractivity contribution in [3.63, 3.8) is 0 Å². The number of benzene rings is 1. The van der Waals surface area contributed by atoms with Crippen LogP contribution in [0.1, 0.15) is 26.3 Å². The van der Waals surface area contributed by atoms with Gasteiger partial charge in [-0.25, -0.2) is 4.98 Å². The quantitative estimate of drug-likeness (QED) is 0.799. The topological polar surface area (TPSA) is 43.4 Å². The van der Waals surface area contributed by atoms with Crippen LogP contribution in [0.2, 0.25) is 0 Å². The highest BCUT2D eigenvalue weighted by Gasteiger charge is 2.06. The van der Waals surface area contributed by atoms with Crippen molar-refractivity contribution in [3.8, 4) is 17.4 Å². The van der Waals surface area contributed by atoms with E-state index in [-0.39, 0.29) is 0 Å². The normalized spacial score (nSPS) is 10.7. The first-order valence-corrected chi connectivity index (χ1v) is 7.74. The molecule has 1 N–H and O–H groups in total. The number of ether oxygens (including phenoxy) is 2. The fraction of sp³-hybridized carbons (Fsp3) is 0.389. The van der Waals surface area contributed by atoms with Crippen molar-refractivity contribution >= 4 is 0 Å². The lowest BCUT2D eigenvalue weighted by molar-refractivity contribution is 0.319. The van der Waals surface area contributed by atoms with Gasteiger partial charge in [0.05, 0.1) is 6.61 Å². The van der Waals surface area contributed by atoms with Gasteiger partial charge >= 0.3 is 0 Å². The molecule has 1 aromatic heterocycles. The molecule has 0 aliphatic heterocycles. The summed E-state index contributed by atoms with van der Waals surface area (Å²) < 4.78 is 11.3. The molecule has 4 nitrogen and oxygen atoms in total. The fourth-order valence-corrected chi connectivity index (χ4v) is 2.00. The molecular formula is C18H24N2O2. The van der Waals surface area contributed by atoms with Crippen LogP contribution < -0.4 is 14.8 Å². The Bertz CT molecular complexity index is 568. The third-order valence-corrected chi connectivity index (χ3v) is 3.04. The lowest BCUT2D eigenvalue weighted by Gasteiger charge is -2.11. The van der Waals surface area contributed by atoms with Crippen molar-refractivity contribution in [1.29, 1.82) is 0 Å². The molecule has 0 aliphatic rings. The number of rotatable bonds is 8. The summed E-state index contributed by atoms with van der Waals surface area (Å²) >= 11 is 0. The summed E-state index contributed by atoms with van der Waals surface area (Å²) in [4.78, 5) is 4.36. The molecule has 0 bridgehead atoms. The van der Waals surface area contributed by atoms with Crippen molar-refractivity contribution in [3.05, 3.63) is 48.2 Å². The summed E-state index contributed by atoms with van der Waals surface area (Å²) in [6.07, 6.45) is 1.84. The van der Waals surface area contributed by atoms with E-state index in [2.05, 4.69) is 24.1 Å². The molecule has 1 heterocycles. The maximum atomic E-state index is 5.80. The summed E-state index contributed by atoms with van der Waals surface area (Å²) in [5.74, 6) is 2.63. The van der Waals surface area contributed by atoms with Crippen LogP contribution >= 0.6 is 0 Å². The molecule has 22 heavy (non-hydrogen) atoms. The second-order valence-corrected chi connectivity index (χ2v) is 5.51. The van der Waals surface area contributed by atoms with Crippen molar-refractivity contribution in [2.45, 2.75) is 27.3 Å². The predicted octanol–water partition coefficient (Wildman–Crippen LogP) is 4.02. The molecule has 2 aromatic rings. The van der Waals surface area contributed by atoms with E-state index in [1.165, 1.54) is 0 Å².